The van der Waals surface area contributed by atoms with Crippen LogP contribution in [-0.2, 0) is 4.79 Å². The number of hydrogen-bond donors (Lipinski definition) is 2. The molecule has 0 bridgehead atoms. The van der Waals surface area contributed by atoms with Gasteiger partial charge in [-0.15, -0.1) is 0 Å². The molecule has 94 valence electrons. The average Bonchev–Trinajstić information content (AvgIpc) is 2.44. The van der Waals surface area contributed by atoms with E-state index < -0.39 is 0 Å². The summed E-state index contributed by atoms with van der Waals surface area (Å²) < 4.78 is 0. The minimum atomic E-state index is -0.280. The van der Waals surface area contributed by atoms with E-state index in [2.05, 4.69) is 5.32 Å². The lowest BCUT2D eigenvalue weighted by Crippen LogP contribution is -2.46. The fourth-order valence-corrected chi connectivity index (χ4v) is 2.32. The van der Waals surface area contributed by atoms with Crippen LogP contribution in [0, 0.1) is 5.92 Å². The Kier molecular flexibility index (Phi) is 5.26. The largest absolute Gasteiger partial charge is 0.396 e. The number of amides is 1. The normalized spacial score (nSPS) is 19.2. The predicted octanol–water partition coefficient (Wildman–Crippen LogP) is 2.23. The Morgan fingerprint density at radius 1 is 1.25 bits per heavy atom. The monoisotopic (exact) mass is 227 g/mol. The molecule has 1 rings (SSSR count). The van der Waals surface area contributed by atoms with Crippen LogP contribution in [0.15, 0.2) is 0 Å². The van der Waals surface area contributed by atoms with Gasteiger partial charge in [-0.2, -0.15) is 0 Å². The molecule has 3 heteroatoms. The SMILES string of the molecule is CC(C)(CCO)NC(=O)C1CCCCCC1. The summed E-state index contributed by atoms with van der Waals surface area (Å²) in [6, 6.07) is 0. The van der Waals surface area contributed by atoms with Crippen molar-refractivity contribution in [1.29, 1.82) is 0 Å². The van der Waals surface area contributed by atoms with Crippen molar-refractivity contribution in [3.8, 4) is 0 Å². The number of aliphatic hydroxyl groups excluding tert-OH is 1. The number of nitrogens with one attached hydrogen (secondary N) is 1. The van der Waals surface area contributed by atoms with Crippen molar-refractivity contribution in [1.82, 2.24) is 5.32 Å². The van der Waals surface area contributed by atoms with Gasteiger partial charge in [-0.3, -0.25) is 4.79 Å². The number of hydrogen-bond acceptors (Lipinski definition) is 2. The van der Waals surface area contributed by atoms with E-state index in [1.54, 1.807) is 0 Å². The molecule has 0 aromatic carbocycles. The first-order valence-corrected chi connectivity index (χ1v) is 6.48. The summed E-state index contributed by atoms with van der Waals surface area (Å²) in [4.78, 5) is 12.0. The van der Waals surface area contributed by atoms with Crippen molar-refractivity contribution >= 4 is 5.91 Å². The van der Waals surface area contributed by atoms with Gasteiger partial charge in [0.05, 0.1) is 0 Å². The van der Waals surface area contributed by atoms with Crippen molar-refractivity contribution < 1.29 is 9.90 Å². The Morgan fingerprint density at radius 3 is 2.31 bits per heavy atom. The maximum Gasteiger partial charge on any atom is 0.223 e. The van der Waals surface area contributed by atoms with Crippen molar-refractivity contribution in [2.24, 2.45) is 5.92 Å². The van der Waals surface area contributed by atoms with Crippen LogP contribution >= 0.6 is 0 Å². The molecule has 1 aliphatic carbocycles. The fraction of sp³-hybridized carbons (Fsp3) is 0.923. The summed E-state index contributed by atoms with van der Waals surface area (Å²) >= 11 is 0. The first-order valence-electron chi connectivity index (χ1n) is 6.48. The van der Waals surface area contributed by atoms with Crippen LogP contribution < -0.4 is 5.32 Å². The number of carbonyl (C=O) groups excluding carboxylic acids is 1. The third kappa shape index (κ3) is 4.52. The van der Waals surface area contributed by atoms with Crippen LogP contribution in [0.4, 0.5) is 0 Å². The topological polar surface area (TPSA) is 49.3 Å². The highest BCUT2D eigenvalue weighted by molar-refractivity contribution is 5.79. The minimum Gasteiger partial charge on any atom is -0.396 e. The second kappa shape index (κ2) is 6.24. The van der Waals surface area contributed by atoms with E-state index in [9.17, 15) is 4.79 Å². The van der Waals surface area contributed by atoms with Gasteiger partial charge in [-0.25, -0.2) is 0 Å². The molecule has 3 nitrogen and oxygen atoms in total. The molecule has 0 atom stereocenters. The fourth-order valence-electron chi connectivity index (χ4n) is 2.32. The second-order valence-electron chi connectivity index (χ2n) is 5.54. The predicted molar refractivity (Wildman–Crippen MR) is 65.1 cm³/mol. The molecule has 1 saturated carbocycles. The second-order valence-corrected chi connectivity index (χ2v) is 5.54. The minimum absolute atomic E-state index is 0.123. The van der Waals surface area contributed by atoms with Crippen molar-refractivity contribution in [3.63, 3.8) is 0 Å². The van der Waals surface area contributed by atoms with Crippen LogP contribution in [0.1, 0.15) is 58.8 Å². The van der Waals surface area contributed by atoms with Gasteiger partial charge in [0.2, 0.25) is 5.91 Å². The molecule has 16 heavy (non-hydrogen) atoms. The summed E-state index contributed by atoms with van der Waals surface area (Å²) in [6.45, 7) is 4.06. The number of rotatable bonds is 4. The van der Waals surface area contributed by atoms with Gasteiger partial charge in [-0.1, -0.05) is 25.7 Å². The molecule has 0 saturated heterocycles. The van der Waals surface area contributed by atoms with Gasteiger partial charge in [-0.05, 0) is 33.1 Å². The molecular weight excluding hydrogens is 202 g/mol. The lowest BCUT2D eigenvalue weighted by atomic mass is 9.95. The average molecular weight is 227 g/mol. The van der Waals surface area contributed by atoms with Crippen LogP contribution in [0.25, 0.3) is 0 Å². The van der Waals surface area contributed by atoms with Gasteiger partial charge in [0, 0.05) is 18.1 Å². The molecule has 0 aliphatic heterocycles. The Labute approximate surface area is 98.6 Å². The summed E-state index contributed by atoms with van der Waals surface area (Å²) in [5, 5.41) is 12.0. The molecule has 1 amide bonds. The highest BCUT2D eigenvalue weighted by Crippen LogP contribution is 2.23. The first kappa shape index (κ1) is 13.5. The standard InChI is InChI=1S/C13H25NO2/c1-13(2,9-10-15)14-12(16)11-7-5-3-4-6-8-11/h11,15H,3-10H2,1-2H3,(H,14,16). The molecule has 0 heterocycles. The van der Waals surface area contributed by atoms with Crippen LogP contribution in [-0.4, -0.2) is 23.2 Å². The van der Waals surface area contributed by atoms with E-state index in [4.69, 9.17) is 5.11 Å². The van der Waals surface area contributed by atoms with E-state index in [-0.39, 0.29) is 24.0 Å². The summed E-state index contributed by atoms with van der Waals surface area (Å²) in [7, 11) is 0. The molecule has 1 fully saturated rings. The van der Waals surface area contributed by atoms with Crippen LogP contribution in [0.2, 0.25) is 0 Å². The Morgan fingerprint density at radius 2 is 1.81 bits per heavy atom. The zero-order valence-corrected chi connectivity index (χ0v) is 10.6. The quantitative estimate of drug-likeness (QED) is 0.724. The van der Waals surface area contributed by atoms with Gasteiger partial charge in [0.25, 0.3) is 0 Å². The molecule has 0 aromatic rings. The smallest absolute Gasteiger partial charge is 0.223 e. The molecule has 0 aromatic heterocycles. The molecule has 0 unspecified atom stereocenters. The highest BCUT2D eigenvalue weighted by atomic mass is 16.3. The Balaban J connectivity index is 2.43. The van der Waals surface area contributed by atoms with Gasteiger partial charge in [0.15, 0.2) is 0 Å². The number of aliphatic hydroxyl groups is 1. The van der Waals surface area contributed by atoms with E-state index in [1.807, 2.05) is 13.8 Å². The van der Waals surface area contributed by atoms with Gasteiger partial charge >= 0.3 is 0 Å². The van der Waals surface area contributed by atoms with E-state index in [0.717, 1.165) is 12.8 Å². The van der Waals surface area contributed by atoms with Crippen molar-refractivity contribution in [2.45, 2.75) is 64.3 Å². The van der Waals surface area contributed by atoms with Gasteiger partial charge in [0.1, 0.15) is 0 Å². The third-order valence-electron chi connectivity index (χ3n) is 3.42. The molecule has 0 radical (unpaired) electrons. The molecule has 0 spiro atoms. The summed E-state index contributed by atoms with van der Waals surface area (Å²) in [6.07, 6.45) is 7.57. The zero-order chi connectivity index (χ0) is 12.0. The van der Waals surface area contributed by atoms with Crippen LogP contribution in [0.3, 0.4) is 0 Å². The maximum atomic E-state index is 12.0. The van der Waals surface area contributed by atoms with Crippen molar-refractivity contribution in [3.05, 3.63) is 0 Å². The summed E-state index contributed by atoms with van der Waals surface area (Å²) in [5.74, 6) is 0.376. The molecule has 1 aliphatic rings. The van der Waals surface area contributed by atoms with Crippen LogP contribution in [0.5, 0.6) is 0 Å². The van der Waals surface area contributed by atoms with E-state index in [1.165, 1.54) is 25.7 Å². The van der Waals surface area contributed by atoms with Crippen molar-refractivity contribution in [2.75, 3.05) is 6.61 Å². The Bertz CT molecular complexity index is 218. The lowest BCUT2D eigenvalue weighted by molar-refractivity contribution is -0.127. The molecular formula is C13H25NO2. The first-order chi connectivity index (χ1) is 7.55. The zero-order valence-electron chi connectivity index (χ0n) is 10.6. The third-order valence-corrected chi connectivity index (χ3v) is 3.42. The highest BCUT2D eigenvalue weighted by Gasteiger charge is 2.25. The maximum absolute atomic E-state index is 12.0. The van der Waals surface area contributed by atoms with Gasteiger partial charge < -0.3 is 10.4 Å². The lowest BCUT2D eigenvalue weighted by Gasteiger charge is -2.28. The molecule has 2 N–H and O–H groups in total. The number of carbonyl (C=O) groups is 1. The Hall–Kier alpha value is -0.570. The van der Waals surface area contributed by atoms with E-state index in [0.29, 0.717) is 6.42 Å². The summed E-state index contributed by atoms with van der Waals surface area (Å²) in [5.41, 5.74) is -0.280. The van der Waals surface area contributed by atoms with E-state index >= 15 is 0 Å².